The molecule has 0 aliphatic carbocycles. The van der Waals surface area contributed by atoms with Gasteiger partial charge in [-0.25, -0.2) is 0 Å². The summed E-state index contributed by atoms with van der Waals surface area (Å²) in [6, 6.07) is 13.4. The van der Waals surface area contributed by atoms with E-state index in [4.69, 9.17) is 15.3 Å². The quantitative estimate of drug-likeness (QED) is 0.788. The Labute approximate surface area is 147 Å². The fourth-order valence-corrected chi connectivity index (χ4v) is 4.54. The summed E-state index contributed by atoms with van der Waals surface area (Å²) in [5.74, 6) is 0. The number of hydrogen-bond acceptors (Lipinski definition) is 7. The molecule has 0 aromatic carbocycles. The first kappa shape index (κ1) is 16.2. The van der Waals surface area contributed by atoms with E-state index in [1.807, 2.05) is 12.1 Å². The summed E-state index contributed by atoms with van der Waals surface area (Å²) in [6.45, 7) is 3.28. The predicted octanol–water partition coefficient (Wildman–Crippen LogP) is 3.64. The molecule has 0 spiro atoms. The van der Waals surface area contributed by atoms with E-state index in [1.165, 1.54) is 16.3 Å². The van der Waals surface area contributed by atoms with Gasteiger partial charge in [-0.15, -0.1) is 22.7 Å². The van der Waals surface area contributed by atoms with Crippen LogP contribution in [0, 0.1) is 34.0 Å². The van der Waals surface area contributed by atoms with Crippen LogP contribution in [0.4, 0.5) is 5.00 Å². The van der Waals surface area contributed by atoms with E-state index in [1.54, 1.807) is 29.5 Å². The number of thiophene rings is 2. The minimum Gasteiger partial charge on any atom is -0.378 e. The lowest BCUT2D eigenvalue weighted by Crippen LogP contribution is -2.35. The third kappa shape index (κ3) is 3.18. The molecule has 0 N–H and O–H groups in total. The molecule has 0 amide bonds. The SMILES string of the molecule is N#CC(C#N)=C(C#N)c1ccc(-c2ccc(N3CCOCC3)s2)s1. The lowest BCUT2D eigenvalue weighted by Gasteiger charge is -2.27. The number of morpholine rings is 1. The second-order valence-corrected chi connectivity index (χ2v) is 7.13. The van der Waals surface area contributed by atoms with Gasteiger partial charge in [-0.3, -0.25) is 0 Å². The van der Waals surface area contributed by atoms with E-state index < -0.39 is 0 Å². The first-order chi connectivity index (χ1) is 11.8. The Balaban J connectivity index is 1.88. The molecule has 1 aliphatic rings. The fraction of sp³-hybridized carbons (Fsp3) is 0.235. The Morgan fingerprint density at radius 2 is 1.58 bits per heavy atom. The van der Waals surface area contributed by atoms with Crippen LogP contribution in [0.5, 0.6) is 0 Å². The van der Waals surface area contributed by atoms with Crippen LogP contribution in [0.2, 0.25) is 0 Å². The monoisotopic (exact) mass is 352 g/mol. The van der Waals surface area contributed by atoms with Gasteiger partial charge in [0.05, 0.1) is 23.8 Å². The van der Waals surface area contributed by atoms with E-state index in [9.17, 15) is 5.26 Å². The molecule has 7 heteroatoms. The van der Waals surface area contributed by atoms with Crippen molar-refractivity contribution in [2.75, 3.05) is 31.2 Å². The van der Waals surface area contributed by atoms with Crippen molar-refractivity contribution < 1.29 is 4.74 Å². The summed E-state index contributed by atoms with van der Waals surface area (Å²) in [4.78, 5) is 5.08. The van der Waals surface area contributed by atoms with Crippen LogP contribution in [0.1, 0.15) is 4.88 Å². The molecular weight excluding hydrogens is 340 g/mol. The van der Waals surface area contributed by atoms with Crippen LogP contribution in [-0.4, -0.2) is 26.3 Å². The Bertz CT molecular complexity index is 882. The number of rotatable bonds is 3. The second-order valence-electron chi connectivity index (χ2n) is 4.99. The zero-order chi connectivity index (χ0) is 16.9. The summed E-state index contributed by atoms with van der Waals surface area (Å²) < 4.78 is 5.37. The minimum absolute atomic E-state index is 0.140. The molecular formula is C17H12N4OS2. The molecule has 5 nitrogen and oxygen atoms in total. The third-order valence-electron chi connectivity index (χ3n) is 3.60. The van der Waals surface area contributed by atoms with Gasteiger partial charge in [0.1, 0.15) is 23.8 Å². The Morgan fingerprint density at radius 3 is 2.25 bits per heavy atom. The largest absolute Gasteiger partial charge is 0.378 e. The number of ether oxygens (including phenoxy) is 1. The average Bonchev–Trinajstić information content (AvgIpc) is 3.29. The van der Waals surface area contributed by atoms with Gasteiger partial charge in [0.2, 0.25) is 0 Å². The average molecular weight is 352 g/mol. The van der Waals surface area contributed by atoms with Crippen LogP contribution in [0.3, 0.4) is 0 Å². The second kappa shape index (κ2) is 7.29. The molecule has 2 aromatic rings. The Kier molecular flexibility index (Phi) is 4.93. The van der Waals surface area contributed by atoms with Gasteiger partial charge in [0.15, 0.2) is 0 Å². The molecule has 0 bridgehead atoms. The minimum atomic E-state index is -0.147. The molecule has 0 radical (unpaired) electrons. The van der Waals surface area contributed by atoms with E-state index in [0.29, 0.717) is 4.88 Å². The smallest absolute Gasteiger partial charge is 0.148 e. The summed E-state index contributed by atoms with van der Waals surface area (Å²) >= 11 is 3.12. The van der Waals surface area contributed by atoms with Crippen LogP contribution in [0.25, 0.3) is 15.3 Å². The van der Waals surface area contributed by atoms with Gasteiger partial charge >= 0.3 is 0 Å². The highest BCUT2D eigenvalue weighted by molar-refractivity contribution is 7.24. The van der Waals surface area contributed by atoms with E-state index in [0.717, 1.165) is 36.1 Å². The van der Waals surface area contributed by atoms with E-state index in [2.05, 4.69) is 17.0 Å². The van der Waals surface area contributed by atoms with Gasteiger partial charge < -0.3 is 9.64 Å². The molecule has 3 heterocycles. The van der Waals surface area contributed by atoms with Crippen LogP contribution >= 0.6 is 22.7 Å². The van der Waals surface area contributed by atoms with Gasteiger partial charge in [-0.05, 0) is 24.3 Å². The topological polar surface area (TPSA) is 83.8 Å². The molecule has 0 unspecified atom stereocenters. The zero-order valence-electron chi connectivity index (χ0n) is 12.7. The van der Waals surface area contributed by atoms with E-state index in [-0.39, 0.29) is 11.1 Å². The first-order valence-electron chi connectivity index (χ1n) is 7.24. The van der Waals surface area contributed by atoms with E-state index >= 15 is 0 Å². The maximum absolute atomic E-state index is 9.25. The standard InChI is InChI=1S/C17H12N4OS2/c18-9-12(10-19)13(11-20)14-1-2-15(23-14)16-3-4-17(24-16)21-5-7-22-8-6-21/h1-4H,5-8H2. The molecule has 2 aromatic heterocycles. The van der Waals surface area contributed by atoms with Crippen LogP contribution in [-0.2, 0) is 4.74 Å². The molecule has 1 aliphatic heterocycles. The lowest BCUT2D eigenvalue weighted by molar-refractivity contribution is 0.123. The van der Waals surface area contributed by atoms with Crippen LogP contribution < -0.4 is 4.90 Å². The highest BCUT2D eigenvalue weighted by Crippen LogP contribution is 2.39. The molecule has 1 saturated heterocycles. The van der Waals surface area contributed by atoms with Crippen molar-refractivity contribution in [2.45, 2.75) is 0 Å². The van der Waals surface area contributed by atoms with Gasteiger partial charge in [-0.1, -0.05) is 0 Å². The van der Waals surface area contributed by atoms with Crippen molar-refractivity contribution in [3.8, 4) is 28.0 Å². The molecule has 0 atom stereocenters. The fourth-order valence-electron chi connectivity index (χ4n) is 2.39. The predicted molar refractivity (Wildman–Crippen MR) is 94.4 cm³/mol. The van der Waals surface area contributed by atoms with Gasteiger partial charge in [-0.2, -0.15) is 15.8 Å². The molecule has 24 heavy (non-hydrogen) atoms. The first-order valence-corrected chi connectivity index (χ1v) is 8.88. The Hall–Kier alpha value is -2.63. The lowest BCUT2D eigenvalue weighted by atomic mass is 10.1. The summed E-state index contributed by atoms with van der Waals surface area (Å²) in [6.07, 6.45) is 0. The normalized spacial score (nSPS) is 13.6. The maximum atomic E-state index is 9.25. The van der Waals surface area contributed by atoms with Crippen molar-refractivity contribution >= 4 is 33.2 Å². The number of nitriles is 3. The molecule has 1 fully saturated rings. The zero-order valence-corrected chi connectivity index (χ0v) is 14.3. The van der Waals surface area contributed by atoms with Crippen molar-refractivity contribution in [1.82, 2.24) is 0 Å². The van der Waals surface area contributed by atoms with Crippen molar-refractivity contribution in [3.63, 3.8) is 0 Å². The molecule has 0 saturated carbocycles. The van der Waals surface area contributed by atoms with Crippen LogP contribution in [0.15, 0.2) is 29.8 Å². The highest BCUT2D eigenvalue weighted by atomic mass is 32.1. The third-order valence-corrected chi connectivity index (χ3v) is 6.04. The van der Waals surface area contributed by atoms with Crippen molar-refractivity contribution in [3.05, 3.63) is 34.7 Å². The van der Waals surface area contributed by atoms with Gasteiger partial charge in [0.25, 0.3) is 0 Å². The number of hydrogen-bond donors (Lipinski definition) is 0. The van der Waals surface area contributed by atoms with Gasteiger partial charge in [0, 0.05) is 27.7 Å². The summed E-state index contributed by atoms with van der Waals surface area (Å²) in [5.41, 5.74) is -0.00713. The summed E-state index contributed by atoms with van der Waals surface area (Å²) in [7, 11) is 0. The highest BCUT2D eigenvalue weighted by Gasteiger charge is 2.16. The maximum Gasteiger partial charge on any atom is 0.148 e. The van der Waals surface area contributed by atoms with Crippen molar-refractivity contribution in [1.29, 1.82) is 15.8 Å². The Morgan fingerprint density at radius 1 is 0.917 bits per heavy atom. The summed E-state index contributed by atoms with van der Waals surface area (Å²) in [5, 5.41) is 28.4. The number of allylic oxidation sites excluding steroid dienone is 2. The molecule has 3 rings (SSSR count). The molecule has 118 valence electrons. The van der Waals surface area contributed by atoms with Crippen molar-refractivity contribution in [2.24, 2.45) is 0 Å². The number of anilines is 1. The number of nitrogens with zero attached hydrogens (tertiary/aromatic N) is 4.